The number of aromatic nitrogens is 4. The first kappa shape index (κ1) is 23.9. The van der Waals surface area contributed by atoms with Crippen LogP contribution in [0, 0.1) is 5.82 Å². The number of carbonyl (C=O) groups excluding carboxylic acids is 1. The Balaban J connectivity index is 1.49. The molecular formula is C22H19F4N7O2. The van der Waals surface area contributed by atoms with Crippen LogP contribution in [0.1, 0.15) is 5.56 Å². The smallest absolute Gasteiger partial charge is 0.395 e. The fourth-order valence-corrected chi connectivity index (χ4v) is 3.30. The molecule has 4 aromatic rings. The topological polar surface area (TPSA) is 117 Å². The molecular weight excluding hydrogens is 470 g/mol. The molecule has 0 saturated carbocycles. The van der Waals surface area contributed by atoms with Crippen molar-refractivity contribution in [3.05, 3.63) is 60.0 Å². The summed E-state index contributed by atoms with van der Waals surface area (Å²) in [7, 11) is 1.72. The van der Waals surface area contributed by atoms with Crippen LogP contribution in [0.5, 0.6) is 0 Å². The van der Waals surface area contributed by atoms with Gasteiger partial charge in [-0.25, -0.2) is 18.9 Å². The second-order valence-corrected chi connectivity index (χ2v) is 7.40. The highest BCUT2D eigenvalue weighted by atomic mass is 19.4. The average Bonchev–Trinajstić information content (AvgIpc) is 3.14. The second kappa shape index (κ2) is 9.54. The van der Waals surface area contributed by atoms with E-state index in [0.29, 0.717) is 58.7 Å². The van der Waals surface area contributed by atoms with Gasteiger partial charge in [0.2, 0.25) is 5.95 Å². The Kier molecular flexibility index (Phi) is 6.51. The van der Waals surface area contributed by atoms with Gasteiger partial charge in [-0.2, -0.15) is 23.3 Å². The summed E-state index contributed by atoms with van der Waals surface area (Å²) in [6.07, 6.45) is -3.07. The first-order chi connectivity index (χ1) is 16.7. The molecule has 2 amide bonds. The number of alkyl halides is 3. The summed E-state index contributed by atoms with van der Waals surface area (Å²) in [6, 6.07) is 7.34. The molecule has 2 heterocycles. The van der Waals surface area contributed by atoms with Crippen molar-refractivity contribution in [2.75, 3.05) is 29.1 Å². The number of hydrogen-bond donors (Lipinski definition) is 4. The molecule has 35 heavy (non-hydrogen) atoms. The lowest BCUT2D eigenvalue weighted by Gasteiger charge is -2.12. The first-order valence-electron chi connectivity index (χ1n) is 10.3. The third kappa shape index (κ3) is 5.30. The van der Waals surface area contributed by atoms with Crippen LogP contribution in [0.15, 0.2) is 48.7 Å². The maximum Gasteiger partial charge on any atom is 0.416 e. The van der Waals surface area contributed by atoms with E-state index in [1.54, 1.807) is 42.2 Å². The molecule has 0 atom stereocenters. The molecule has 4 N–H and O–H groups in total. The van der Waals surface area contributed by atoms with Gasteiger partial charge in [0.05, 0.1) is 23.2 Å². The molecule has 0 saturated heterocycles. The first-order valence-corrected chi connectivity index (χ1v) is 10.3. The van der Waals surface area contributed by atoms with Gasteiger partial charge in [-0.3, -0.25) is 0 Å². The fourth-order valence-electron chi connectivity index (χ4n) is 3.30. The Bertz CT molecular complexity index is 1370. The third-order valence-corrected chi connectivity index (χ3v) is 4.93. The number of aryl methyl sites for hydroxylation is 1. The normalized spacial score (nSPS) is 11.5. The molecule has 0 unspecified atom stereocenters. The van der Waals surface area contributed by atoms with Crippen LogP contribution < -0.4 is 16.0 Å². The highest BCUT2D eigenvalue weighted by molar-refractivity contribution is 6.00. The minimum absolute atomic E-state index is 0.0642. The molecule has 0 aliphatic heterocycles. The molecule has 182 valence electrons. The lowest BCUT2D eigenvalue weighted by molar-refractivity contribution is -0.137. The SMILES string of the molecule is Cn1nc(-c2ccc(NC(=O)Nc3cc(C(F)(F)F)ccc3F)cc2)c2cnc(NCCO)nc21. The minimum Gasteiger partial charge on any atom is -0.395 e. The van der Waals surface area contributed by atoms with Gasteiger partial charge < -0.3 is 21.1 Å². The van der Waals surface area contributed by atoms with Crippen molar-refractivity contribution in [2.45, 2.75) is 6.18 Å². The number of aliphatic hydroxyl groups is 1. The average molecular weight is 489 g/mol. The van der Waals surface area contributed by atoms with E-state index >= 15 is 0 Å². The second-order valence-electron chi connectivity index (χ2n) is 7.40. The number of urea groups is 1. The lowest BCUT2D eigenvalue weighted by Crippen LogP contribution is -2.20. The van der Waals surface area contributed by atoms with Crippen LogP contribution in [0.2, 0.25) is 0 Å². The number of fused-ring (bicyclic) bond motifs is 1. The molecule has 0 aliphatic carbocycles. The van der Waals surface area contributed by atoms with Gasteiger partial charge in [0.25, 0.3) is 0 Å². The number of hydrogen-bond acceptors (Lipinski definition) is 6. The van der Waals surface area contributed by atoms with Gasteiger partial charge >= 0.3 is 12.2 Å². The van der Waals surface area contributed by atoms with Gasteiger partial charge in [-0.15, -0.1) is 0 Å². The monoisotopic (exact) mass is 489 g/mol. The number of rotatable bonds is 6. The van der Waals surface area contributed by atoms with Crippen LogP contribution in [0.4, 0.5) is 39.7 Å². The largest absolute Gasteiger partial charge is 0.416 e. The van der Waals surface area contributed by atoms with Crippen LogP contribution in [0.3, 0.4) is 0 Å². The molecule has 4 rings (SSSR count). The van der Waals surface area contributed by atoms with Crippen molar-refractivity contribution in [2.24, 2.45) is 7.05 Å². The van der Waals surface area contributed by atoms with E-state index in [9.17, 15) is 22.4 Å². The zero-order chi connectivity index (χ0) is 25.2. The van der Waals surface area contributed by atoms with E-state index in [1.807, 2.05) is 0 Å². The number of halogens is 4. The van der Waals surface area contributed by atoms with Crippen LogP contribution in [-0.4, -0.2) is 44.0 Å². The lowest BCUT2D eigenvalue weighted by atomic mass is 10.1. The van der Waals surface area contributed by atoms with Gasteiger partial charge in [0, 0.05) is 31.0 Å². The van der Waals surface area contributed by atoms with Crippen molar-refractivity contribution in [1.82, 2.24) is 19.7 Å². The number of aliphatic hydroxyl groups excluding tert-OH is 1. The molecule has 2 aromatic heterocycles. The highest BCUT2D eigenvalue weighted by Gasteiger charge is 2.31. The van der Waals surface area contributed by atoms with E-state index < -0.39 is 29.3 Å². The third-order valence-electron chi connectivity index (χ3n) is 4.93. The number of anilines is 3. The number of carbonyl (C=O) groups is 1. The quantitative estimate of drug-likeness (QED) is 0.301. The van der Waals surface area contributed by atoms with E-state index in [-0.39, 0.29) is 6.61 Å². The van der Waals surface area contributed by atoms with Crippen molar-refractivity contribution >= 4 is 34.4 Å². The zero-order valence-electron chi connectivity index (χ0n) is 18.2. The zero-order valence-corrected chi connectivity index (χ0v) is 18.2. The van der Waals surface area contributed by atoms with Crippen molar-refractivity contribution in [3.63, 3.8) is 0 Å². The van der Waals surface area contributed by atoms with Crippen molar-refractivity contribution < 1.29 is 27.5 Å². The Morgan fingerprint density at radius 3 is 2.54 bits per heavy atom. The number of nitrogens with one attached hydrogen (secondary N) is 3. The Morgan fingerprint density at radius 1 is 1.11 bits per heavy atom. The summed E-state index contributed by atoms with van der Waals surface area (Å²) in [6.45, 7) is 0.240. The van der Waals surface area contributed by atoms with E-state index in [2.05, 4.69) is 31.0 Å². The molecule has 9 nitrogen and oxygen atoms in total. The maximum absolute atomic E-state index is 13.9. The predicted octanol–water partition coefficient (Wildman–Crippen LogP) is 4.24. The van der Waals surface area contributed by atoms with Gasteiger partial charge in [0.1, 0.15) is 11.5 Å². The summed E-state index contributed by atoms with van der Waals surface area (Å²) in [4.78, 5) is 20.8. The van der Waals surface area contributed by atoms with Crippen molar-refractivity contribution in [1.29, 1.82) is 0 Å². The molecule has 0 aliphatic rings. The molecule has 2 aromatic carbocycles. The fraction of sp³-hybridized carbons (Fsp3) is 0.182. The predicted molar refractivity (Wildman–Crippen MR) is 121 cm³/mol. The standard InChI is InChI=1S/C22H19F4N7O2/c1-33-19-15(11-28-20(31-19)27-8-9-34)18(32-33)12-2-5-14(6-3-12)29-21(35)30-17-10-13(22(24,25)26)4-7-16(17)23/h2-7,10-11,34H,8-9H2,1H3,(H,27,28,31)(H2,29,30,35). The summed E-state index contributed by atoms with van der Waals surface area (Å²) in [5.74, 6) is -0.647. The van der Waals surface area contributed by atoms with Crippen molar-refractivity contribution in [3.8, 4) is 11.3 Å². The molecule has 0 spiro atoms. The van der Waals surface area contributed by atoms with Gasteiger partial charge in [-0.05, 0) is 30.3 Å². The molecule has 13 heteroatoms. The van der Waals surface area contributed by atoms with E-state index in [1.165, 1.54) is 0 Å². The van der Waals surface area contributed by atoms with E-state index in [4.69, 9.17) is 5.11 Å². The Hall–Kier alpha value is -4.26. The van der Waals surface area contributed by atoms with Crippen LogP contribution in [-0.2, 0) is 13.2 Å². The summed E-state index contributed by atoms with van der Waals surface area (Å²) in [5.41, 5.74) is 0.511. The van der Waals surface area contributed by atoms with Gasteiger partial charge in [0.15, 0.2) is 5.65 Å². The number of nitrogens with zero attached hydrogens (tertiary/aromatic N) is 4. The van der Waals surface area contributed by atoms with Gasteiger partial charge in [-0.1, -0.05) is 12.1 Å². The summed E-state index contributed by atoms with van der Waals surface area (Å²) >= 11 is 0. The van der Waals surface area contributed by atoms with Crippen LogP contribution in [0.25, 0.3) is 22.3 Å². The maximum atomic E-state index is 13.9. The number of amides is 2. The summed E-state index contributed by atoms with van der Waals surface area (Å²) < 4.78 is 54.0. The molecule has 0 radical (unpaired) electrons. The van der Waals surface area contributed by atoms with E-state index in [0.717, 1.165) is 0 Å². The summed E-state index contributed by atoms with van der Waals surface area (Å²) in [5, 5.41) is 21.5. The van der Waals surface area contributed by atoms with Crippen LogP contribution >= 0.6 is 0 Å². The Labute approximate surface area is 195 Å². The highest BCUT2D eigenvalue weighted by Crippen LogP contribution is 2.32. The molecule has 0 fully saturated rings. The Morgan fingerprint density at radius 2 is 1.86 bits per heavy atom. The molecule has 0 bridgehead atoms. The minimum atomic E-state index is -4.67. The number of benzene rings is 2.